The first kappa shape index (κ1) is 18.8. The Bertz CT molecular complexity index is 818. The Balaban J connectivity index is 1.80. The van der Waals surface area contributed by atoms with E-state index < -0.39 is 16.1 Å². The Hall–Kier alpha value is -1.97. The van der Waals surface area contributed by atoms with E-state index in [4.69, 9.17) is 15.9 Å². The first-order chi connectivity index (χ1) is 12.3. The summed E-state index contributed by atoms with van der Waals surface area (Å²) >= 11 is 0. The van der Waals surface area contributed by atoms with E-state index in [1.807, 2.05) is 0 Å². The zero-order valence-electron chi connectivity index (χ0n) is 14.8. The molecular formula is C17H25N4O4S+. The minimum Gasteiger partial charge on any atom is -0.397 e. The van der Waals surface area contributed by atoms with E-state index in [0.717, 1.165) is 18.4 Å². The summed E-state index contributed by atoms with van der Waals surface area (Å²) in [5.74, 6) is -0.285. The smallest absolute Gasteiger partial charge is 0.245 e. The van der Waals surface area contributed by atoms with Crippen molar-refractivity contribution in [3.63, 3.8) is 0 Å². The van der Waals surface area contributed by atoms with E-state index in [9.17, 15) is 13.2 Å². The van der Waals surface area contributed by atoms with Gasteiger partial charge in [0.25, 0.3) is 0 Å². The molecule has 2 aliphatic heterocycles. The molecule has 2 heterocycles. The van der Waals surface area contributed by atoms with Crippen molar-refractivity contribution in [3.8, 4) is 0 Å². The second-order valence-corrected chi connectivity index (χ2v) is 8.63. The molecule has 9 heteroatoms. The molecule has 8 nitrogen and oxygen atoms in total. The maximum atomic E-state index is 13.0. The largest absolute Gasteiger partial charge is 0.397 e. The van der Waals surface area contributed by atoms with Crippen LogP contribution < -0.4 is 16.5 Å². The zero-order valence-corrected chi connectivity index (χ0v) is 15.6. The number of hydrogen-bond donors (Lipinski definition) is 3. The molecule has 0 aromatic heterocycles. The van der Waals surface area contributed by atoms with E-state index >= 15 is 0 Å². The summed E-state index contributed by atoms with van der Waals surface area (Å²) in [5, 5.41) is 8.44. The predicted molar refractivity (Wildman–Crippen MR) is 97.0 cm³/mol. The number of nitrogens with zero attached hydrogens (tertiary/aromatic N) is 1. The van der Waals surface area contributed by atoms with Gasteiger partial charge in [0.05, 0.1) is 23.9 Å². The predicted octanol–water partition coefficient (Wildman–Crippen LogP) is -1.19. The van der Waals surface area contributed by atoms with Crippen molar-refractivity contribution in [1.29, 1.82) is 0 Å². The number of benzene rings is 1. The number of rotatable bonds is 5. The van der Waals surface area contributed by atoms with Gasteiger partial charge in [0.2, 0.25) is 15.9 Å². The number of amides is 1. The van der Waals surface area contributed by atoms with Crippen LogP contribution in [0.5, 0.6) is 0 Å². The molecule has 0 unspecified atom stereocenters. The highest BCUT2D eigenvalue weighted by atomic mass is 32.2. The first-order valence-corrected chi connectivity index (χ1v) is 10.1. The van der Waals surface area contributed by atoms with Gasteiger partial charge in [-0.25, -0.2) is 8.42 Å². The fourth-order valence-corrected chi connectivity index (χ4v) is 5.20. The molecule has 2 aliphatic rings. The average Bonchev–Trinajstić information content (AvgIpc) is 2.55. The van der Waals surface area contributed by atoms with Gasteiger partial charge in [0, 0.05) is 13.2 Å². The van der Waals surface area contributed by atoms with Gasteiger partial charge in [0.1, 0.15) is 10.9 Å². The van der Waals surface area contributed by atoms with Gasteiger partial charge in [-0.1, -0.05) is 0 Å². The van der Waals surface area contributed by atoms with Crippen LogP contribution in [0.1, 0.15) is 30.4 Å². The van der Waals surface area contributed by atoms with Gasteiger partial charge in [-0.05, 0) is 43.9 Å². The van der Waals surface area contributed by atoms with Crippen LogP contribution >= 0.6 is 0 Å². The fraction of sp³-hybridized carbons (Fsp3) is 0.529. The number of hydrogen-bond acceptors (Lipinski definition) is 5. The summed E-state index contributed by atoms with van der Waals surface area (Å²) in [5.41, 5.74) is 7.30. The Morgan fingerprint density at radius 2 is 2.19 bits per heavy atom. The van der Waals surface area contributed by atoms with Crippen molar-refractivity contribution < 1.29 is 23.4 Å². The van der Waals surface area contributed by atoms with Gasteiger partial charge >= 0.3 is 0 Å². The Kier molecular flexibility index (Phi) is 5.31. The number of nitrogen functional groups attached to an aromatic ring is 1. The van der Waals surface area contributed by atoms with Gasteiger partial charge in [-0.3, -0.25) is 10.2 Å². The van der Waals surface area contributed by atoms with Crippen molar-refractivity contribution in [1.82, 2.24) is 9.62 Å². The molecule has 26 heavy (non-hydrogen) atoms. The third-order valence-corrected chi connectivity index (χ3v) is 6.81. The lowest BCUT2D eigenvalue weighted by Crippen LogP contribution is -2.60. The molecule has 142 valence electrons. The molecule has 2 atom stereocenters. The molecule has 5 N–H and O–H groups in total. The Morgan fingerprint density at radius 1 is 1.42 bits per heavy atom. The van der Waals surface area contributed by atoms with Crippen LogP contribution in [0.25, 0.3) is 0 Å². The summed E-state index contributed by atoms with van der Waals surface area (Å²) in [4.78, 5) is 12.5. The summed E-state index contributed by atoms with van der Waals surface area (Å²) in [6.07, 6.45) is 3.49. The van der Waals surface area contributed by atoms with Gasteiger partial charge in [-0.2, -0.15) is 4.31 Å². The molecule has 3 rings (SSSR count). The van der Waals surface area contributed by atoms with Crippen LogP contribution in [0.15, 0.2) is 17.0 Å². The molecule has 0 saturated carbocycles. The molecule has 0 spiro atoms. The van der Waals surface area contributed by atoms with E-state index in [2.05, 4.69) is 5.32 Å². The third kappa shape index (κ3) is 3.46. The highest BCUT2D eigenvalue weighted by Crippen LogP contribution is 2.32. The quantitative estimate of drug-likeness (QED) is 0.437. The highest BCUT2D eigenvalue weighted by Gasteiger charge is 2.44. The van der Waals surface area contributed by atoms with E-state index in [0.29, 0.717) is 25.2 Å². The second-order valence-electron chi connectivity index (χ2n) is 6.78. The minimum atomic E-state index is -3.88. The third-order valence-electron chi connectivity index (χ3n) is 4.86. The highest BCUT2D eigenvalue weighted by molar-refractivity contribution is 7.89. The average molecular weight is 381 g/mol. The van der Waals surface area contributed by atoms with Gasteiger partial charge in [-0.15, -0.1) is 0 Å². The Labute approximate surface area is 153 Å². The summed E-state index contributed by atoms with van der Waals surface area (Å²) in [6, 6.07) is 2.45. The monoisotopic (exact) mass is 381 g/mol. The molecule has 1 amide bonds. The van der Waals surface area contributed by atoms with Crippen LogP contribution in [0.4, 0.5) is 5.69 Å². The molecule has 0 bridgehead atoms. The SMILES string of the molecule is Cc1cc(C=[NH2+])c(N)c(S(=O)(=O)N2CC[C@H]2C(=O)N[C@H]2CCCOC2)c1. The van der Waals surface area contributed by atoms with E-state index in [1.165, 1.54) is 16.6 Å². The Morgan fingerprint density at radius 3 is 2.77 bits per heavy atom. The second kappa shape index (κ2) is 7.34. The fourth-order valence-electron chi connectivity index (χ4n) is 3.33. The van der Waals surface area contributed by atoms with Gasteiger partial charge < -0.3 is 15.8 Å². The van der Waals surface area contributed by atoms with Crippen molar-refractivity contribution >= 4 is 27.8 Å². The molecule has 1 aromatic carbocycles. The lowest BCUT2D eigenvalue weighted by Gasteiger charge is -2.39. The summed E-state index contributed by atoms with van der Waals surface area (Å²) < 4.78 is 32.7. The van der Waals surface area contributed by atoms with Crippen molar-refractivity contribution in [2.24, 2.45) is 0 Å². The van der Waals surface area contributed by atoms with Crippen molar-refractivity contribution in [3.05, 3.63) is 23.3 Å². The van der Waals surface area contributed by atoms with E-state index in [1.54, 1.807) is 13.0 Å². The van der Waals surface area contributed by atoms with Crippen LogP contribution in [0, 0.1) is 6.92 Å². The number of nitrogens with one attached hydrogen (secondary N) is 1. The van der Waals surface area contributed by atoms with Crippen LogP contribution in [-0.2, 0) is 19.6 Å². The molecule has 0 radical (unpaired) electrons. The normalized spacial score (nSPS) is 23.9. The van der Waals surface area contributed by atoms with Crippen LogP contribution in [-0.4, -0.2) is 56.7 Å². The first-order valence-electron chi connectivity index (χ1n) is 8.69. The topological polar surface area (TPSA) is 127 Å². The maximum Gasteiger partial charge on any atom is 0.245 e. The minimum absolute atomic E-state index is 0.00676. The zero-order chi connectivity index (χ0) is 18.9. The van der Waals surface area contributed by atoms with Crippen LogP contribution in [0.2, 0.25) is 0 Å². The number of aryl methyl sites for hydroxylation is 1. The molecule has 1 aromatic rings. The van der Waals surface area contributed by atoms with Crippen molar-refractivity contribution in [2.45, 2.75) is 43.2 Å². The van der Waals surface area contributed by atoms with Gasteiger partial charge in [0.15, 0.2) is 6.21 Å². The number of sulfonamides is 1. The van der Waals surface area contributed by atoms with Crippen LogP contribution in [0.3, 0.4) is 0 Å². The number of nitrogens with two attached hydrogens (primary N) is 2. The molecule has 0 aliphatic carbocycles. The standard InChI is InChI=1S/C17H24N4O4S/c1-11-7-12(9-18)16(19)15(8-11)26(23,24)21-5-4-14(21)17(22)20-13-3-2-6-25-10-13/h7-9,13-14,18H,2-6,10,19H2,1H3,(H,20,22)/p+1/t13-,14-/m0/s1. The number of ether oxygens (including phenoxy) is 1. The molecule has 2 fully saturated rings. The molecule has 2 saturated heterocycles. The van der Waals surface area contributed by atoms with Crippen molar-refractivity contribution in [2.75, 3.05) is 25.5 Å². The number of carbonyl (C=O) groups excluding carboxylic acids is 1. The lowest BCUT2D eigenvalue weighted by molar-refractivity contribution is -0.129. The summed E-state index contributed by atoms with van der Waals surface area (Å²) in [6.45, 7) is 3.22. The number of carbonyl (C=O) groups is 1. The maximum absolute atomic E-state index is 13.0. The summed E-state index contributed by atoms with van der Waals surface area (Å²) in [7, 11) is -3.88. The molecular weight excluding hydrogens is 356 g/mol. The lowest BCUT2D eigenvalue weighted by atomic mass is 10.0. The number of anilines is 1. The van der Waals surface area contributed by atoms with E-state index in [-0.39, 0.29) is 29.1 Å².